The number of nitrogens with zero attached hydrogens (tertiary/aromatic N) is 3. The number of benzene rings is 3. The maximum Gasteiger partial charge on any atom is 0.303 e. The Bertz CT molecular complexity index is 1570. The van der Waals surface area contributed by atoms with Gasteiger partial charge in [-0.25, -0.2) is 13.8 Å². The van der Waals surface area contributed by atoms with Crippen LogP contribution in [0.15, 0.2) is 76.7 Å². The molecule has 3 aromatic carbocycles. The van der Waals surface area contributed by atoms with Crippen molar-refractivity contribution in [1.29, 1.82) is 0 Å². The molecule has 8 nitrogen and oxygen atoms in total. The van der Waals surface area contributed by atoms with Crippen LogP contribution < -0.4 is 10.9 Å². The number of carbonyl (C=O) groups is 1. The molecule has 1 atom stereocenters. The average Bonchev–Trinajstić information content (AvgIpc) is 2.92. The number of rotatable bonds is 8. The van der Waals surface area contributed by atoms with Crippen LogP contribution in [0.4, 0.5) is 8.78 Å². The Kier molecular flexibility index (Phi) is 7.12. The average molecular weight is 519 g/mol. The number of aromatic nitrogens is 2. The number of nitrogens with one attached hydrogen (secondary N) is 1. The Morgan fingerprint density at radius 1 is 1.03 bits per heavy atom. The molecule has 0 radical (unpaired) electrons. The molecular weight excluding hydrogens is 494 g/mol. The smallest absolute Gasteiger partial charge is 0.303 e. The zero-order valence-electron chi connectivity index (χ0n) is 20.2. The first-order chi connectivity index (χ1) is 18.4. The lowest BCUT2D eigenvalue weighted by Crippen LogP contribution is -2.36. The minimum Gasteiger partial charge on any atom is -0.481 e. The highest BCUT2D eigenvalue weighted by Crippen LogP contribution is 2.21. The summed E-state index contributed by atoms with van der Waals surface area (Å²) < 4.78 is 28.3. The van der Waals surface area contributed by atoms with E-state index in [2.05, 4.69) is 10.5 Å². The van der Waals surface area contributed by atoms with Gasteiger partial charge in [-0.05, 0) is 66.9 Å². The van der Waals surface area contributed by atoms with Gasteiger partial charge in [-0.3, -0.25) is 14.2 Å². The van der Waals surface area contributed by atoms with Crippen LogP contribution in [-0.2, 0) is 16.1 Å². The molecule has 0 spiro atoms. The van der Waals surface area contributed by atoms with Gasteiger partial charge in [0, 0.05) is 18.4 Å². The number of carboxylic acid groups (broad SMARTS) is 1. The van der Waals surface area contributed by atoms with E-state index in [0.29, 0.717) is 53.1 Å². The van der Waals surface area contributed by atoms with Crippen LogP contribution in [0.3, 0.4) is 0 Å². The summed E-state index contributed by atoms with van der Waals surface area (Å²) in [6, 6.07) is 16.5. The Morgan fingerprint density at radius 2 is 1.74 bits per heavy atom. The van der Waals surface area contributed by atoms with Gasteiger partial charge in [0.2, 0.25) is 0 Å². The van der Waals surface area contributed by atoms with Crippen molar-refractivity contribution in [1.82, 2.24) is 14.9 Å². The molecular formula is C28H24F2N4O4. The quantitative estimate of drug-likeness (QED) is 0.333. The molecule has 0 saturated heterocycles. The van der Waals surface area contributed by atoms with Gasteiger partial charge in [-0.2, -0.15) is 0 Å². The second kappa shape index (κ2) is 10.8. The second-order valence-electron chi connectivity index (χ2n) is 8.96. The first-order valence-electron chi connectivity index (χ1n) is 12.1. The van der Waals surface area contributed by atoms with Crippen molar-refractivity contribution >= 4 is 22.7 Å². The molecule has 0 bridgehead atoms. The van der Waals surface area contributed by atoms with Crippen LogP contribution in [-0.4, -0.2) is 33.1 Å². The summed E-state index contributed by atoms with van der Waals surface area (Å²) in [6.45, 7) is 0.268. The fourth-order valence-corrected chi connectivity index (χ4v) is 4.38. The Balaban J connectivity index is 1.50. The lowest BCUT2D eigenvalue weighted by Gasteiger charge is -2.24. The molecule has 2 heterocycles. The highest BCUT2D eigenvalue weighted by molar-refractivity contribution is 6.01. The van der Waals surface area contributed by atoms with Crippen LogP contribution in [0, 0.1) is 11.6 Å². The maximum atomic E-state index is 13.6. The van der Waals surface area contributed by atoms with Crippen molar-refractivity contribution in [3.8, 4) is 5.69 Å². The monoisotopic (exact) mass is 518 g/mol. The molecule has 0 amide bonds. The summed E-state index contributed by atoms with van der Waals surface area (Å²) in [5.41, 5.74) is 2.07. The van der Waals surface area contributed by atoms with E-state index >= 15 is 0 Å². The molecule has 0 fully saturated rings. The van der Waals surface area contributed by atoms with Gasteiger partial charge in [0.15, 0.2) is 5.84 Å². The number of amidine groups is 1. The van der Waals surface area contributed by atoms with Gasteiger partial charge in [0.05, 0.1) is 22.6 Å². The number of carboxylic acids is 1. The van der Waals surface area contributed by atoms with Gasteiger partial charge >= 0.3 is 5.97 Å². The van der Waals surface area contributed by atoms with Crippen LogP contribution in [0.5, 0.6) is 0 Å². The summed E-state index contributed by atoms with van der Waals surface area (Å²) in [5, 5.41) is 16.7. The van der Waals surface area contributed by atoms with E-state index in [1.165, 1.54) is 41.0 Å². The summed E-state index contributed by atoms with van der Waals surface area (Å²) in [6.07, 6.45) is 1.30. The van der Waals surface area contributed by atoms with Gasteiger partial charge < -0.3 is 15.3 Å². The Morgan fingerprint density at radius 3 is 2.45 bits per heavy atom. The summed E-state index contributed by atoms with van der Waals surface area (Å²) in [4.78, 5) is 34.7. The summed E-state index contributed by atoms with van der Waals surface area (Å²) in [5.74, 6) is -0.760. The number of unbranched alkanes of at least 4 members (excludes halogenated alkanes) is 1. The number of hydrogen-bond acceptors (Lipinski definition) is 6. The van der Waals surface area contributed by atoms with Gasteiger partial charge in [0.1, 0.15) is 24.1 Å². The molecule has 0 saturated carbocycles. The Hall–Kier alpha value is -4.60. The third-order valence-electron chi connectivity index (χ3n) is 6.32. The predicted octanol–water partition coefficient (Wildman–Crippen LogP) is 4.48. The van der Waals surface area contributed by atoms with Gasteiger partial charge in [-0.15, -0.1) is 0 Å². The van der Waals surface area contributed by atoms with E-state index in [1.807, 2.05) is 0 Å². The number of aliphatic carboxylic acids is 1. The van der Waals surface area contributed by atoms with Crippen molar-refractivity contribution in [3.05, 3.63) is 106 Å². The largest absolute Gasteiger partial charge is 0.481 e. The number of oxime groups is 1. The minimum atomic E-state index is -0.890. The third kappa shape index (κ3) is 5.39. The van der Waals surface area contributed by atoms with Crippen molar-refractivity contribution in [3.63, 3.8) is 0 Å². The molecule has 1 aliphatic heterocycles. The standard InChI is InChI=1S/C28H24F2N4O4/c29-19-8-5-17(6-9-19)24-16-38-33-27(32-24)18-7-14-22-23(15-18)31-25(3-1-2-4-26(35)36)34(28(22)37)21-12-10-20(30)11-13-21/h5-15,24H,1-4,16H2,(H,32,33)(H,35,36). The first-order valence-corrected chi connectivity index (χ1v) is 12.1. The zero-order chi connectivity index (χ0) is 26.6. The van der Waals surface area contributed by atoms with Crippen molar-refractivity contribution in [2.45, 2.75) is 31.7 Å². The SMILES string of the molecule is O=C(O)CCCCc1nc2cc(C3=NOCC(c4ccc(F)cc4)N3)ccc2c(=O)n1-c1ccc(F)cc1. The minimum absolute atomic E-state index is 0.0131. The first kappa shape index (κ1) is 25.1. The topological polar surface area (TPSA) is 106 Å². The van der Waals surface area contributed by atoms with E-state index in [1.54, 1.807) is 30.3 Å². The molecule has 4 aromatic rings. The number of hydrogen-bond donors (Lipinski definition) is 2. The van der Waals surface area contributed by atoms with Crippen molar-refractivity contribution in [2.24, 2.45) is 5.16 Å². The zero-order valence-corrected chi connectivity index (χ0v) is 20.2. The molecule has 0 aliphatic carbocycles. The molecule has 1 aromatic heterocycles. The van der Waals surface area contributed by atoms with E-state index < -0.39 is 11.8 Å². The number of fused-ring (bicyclic) bond motifs is 1. The van der Waals surface area contributed by atoms with E-state index in [4.69, 9.17) is 14.9 Å². The lowest BCUT2D eigenvalue weighted by molar-refractivity contribution is -0.137. The van der Waals surface area contributed by atoms with Gasteiger partial charge in [0.25, 0.3) is 5.56 Å². The predicted molar refractivity (Wildman–Crippen MR) is 137 cm³/mol. The molecule has 194 valence electrons. The molecule has 38 heavy (non-hydrogen) atoms. The molecule has 5 rings (SSSR count). The maximum absolute atomic E-state index is 13.6. The fraction of sp³-hybridized carbons (Fsp3) is 0.214. The molecule has 1 unspecified atom stereocenters. The van der Waals surface area contributed by atoms with E-state index in [0.717, 1.165) is 5.56 Å². The fourth-order valence-electron chi connectivity index (χ4n) is 4.38. The highest BCUT2D eigenvalue weighted by Gasteiger charge is 2.21. The van der Waals surface area contributed by atoms with Crippen LogP contribution >= 0.6 is 0 Å². The Labute approximate surface area is 216 Å². The third-order valence-corrected chi connectivity index (χ3v) is 6.32. The highest BCUT2D eigenvalue weighted by atomic mass is 19.1. The second-order valence-corrected chi connectivity index (χ2v) is 8.96. The van der Waals surface area contributed by atoms with Crippen LogP contribution in [0.25, 0.3) is 16.6 Å². The summed E-state index contributed by atoms with van der Waals surface area (Å²) >= 11 is 0. The normalized spacial score (nSPS) is 15.0. The van der Waals surface area contributed by atoms with E-state index in [-0.39, 0.29) is 30.4 Å². The summed E-state index contributed by atoms with van der Waals surface area (Å²) in [7, 11) is 0. The molecule has 10 heteroatoms. The van der Waals surface area contributed by atoms with Crippen molar-refractivity contribution in [2.75, 3.05) is 6.61 Å². The number of halogens is 2. The molecule has 1 aliphatic rings. The lowest BCUT2D eigenvalue weighted by atomic mass is 10.1. The van der Waals surface area contributed by atoms with Crippen LogP contribution in [0.2, 0.25) is 0 Å². The van der Waals surface area contributed by atoms with Gasteiger partial charge in [-0.1, -0.05) is 23.4 Å². The molecule has 2 N–H and O–H groups in total. The van der Waals surface area contributed by atoms with Crippen LogP contribution in [0.1, 0.15) is 42.3 Å². The van der Waals surface area contributed by atoms with E-state index in [9.17, 15) is 18.4 Å². The number of aryl methyl sites for hydroxylation is 1. The van der Waals surface area contributed by atoms with Crippen molar-refractivity contribution < 1.29 is 23.5 Å².